The van der Waals surface area contributed by atoms with Crippen LogP contribution in [0.2, 0.25) is 0 Å². The van der Waals surface area contributed by atoms with Gasteiger partial charge in [0.2, 0.25) is 6.79 Å². The Morgan fingerprint density at radius 1 is 1.08 bits per heavy atom. The first-order valence-corrected chi connectivity index (χ1v) is 7.61. The van der Waals surface area contributed by atoms with Gasteiger partial charge in [-0.3, -0.25) is 10.1 Å². The van der Waals surface area contributed by atoms with Crippen molar-refractivity contribution in [1.29, 1.82) is 0 Å². The maximum absolute atomic E-state index is 11.3. The Morgan fingerprint density at radius 2 is 1.80 bits per heavy atom. The topological polar surface area (TPSA) is 92.1 Å². The number of hydrogen-bond acceptors (Lipinski definition) is 7. The molecule has 132 valence electrons. The van der Waals surface area contributed by atoms with Gasteiger partial charge in [-0.25, -0.2) is 0 Å². The van der Waals surface area contributed by atoms with Crippen LogP contribution in [0.4, 0.5) is 5.69 Å². The predicted molar refractivity (Wildman–Crippen MR) is 89.3 cm³/mol. The fourth-order valence-electron chi connectivity index (χ4n) is 2.61. The molecule has 1 aliphatic heterocycles. The minimum Gasteiger partial charge on any atom is -0.497 e. The standard InChI is InChI=1S/C17H18N2O6/c1-22-13-4-3-11(15(6-13)23-2)8-18-9-12-5-16-17(25-10-24-16)7-14(12)19(20)21/h3-7,18H,8-10H2,1-2H3. The van der Waals surface area contributed by atoms with E-state index in [2.05, 4.69) is 5.32 Å². The molecule has 0 aromatic heterocycles. The summed E-state index contributed by atoms with van der Waals surface area (Å²) in [6.07, 6.45) is 0. The molecule has 0 aliphatic carbocycles. The quantitative estimate of drug-likeness (QED) is 0.608. The lowest BCUT2D eigenvalue weighted by Gasteiger charge is -2.11. The second kappa shape index (κ2) is 7.27. The molecule has 0 unspecified atom stereocenters. The third-order valence-electron chi connectivity index (χ3n) is 3.90. The van der Waals surface area contributed by atoms with E-state index in [1.54, 1.807) is 26.4 Å². The number of fused-ring (bicyclic) bond motifs is 1. The SMILES string of the molecule is COc1ccc(CNCc2cc3c(cc2[N+](=O)[O-])OCO3)c(OC)c1. The Balaban J connectivity index is 1.73. The Labute approximate surface area is 144 Å². The third kappa shape index (κ3) is 3.58. The van der Waals surface area contributed by atoms with E-state index in [1.165, 1.54) is 6.07 Å². The number of hydrogen-bond donors (Lipinski definition) is 1. The number of nitrogens with zero attached hydrogens (tertiary/aromatic N) is 1. The molecule has 2 aromatic rings. The smallest absolute Gasteiger partial charge is 0.277 e. The van der Waals surface area contributed by atoms with Crippen molar-refractivity contribution in [3.05, 3.63) is 51.6 Å². The van der Waals surface area contributed by atoms with Gasteiger partial charge < -0.3 is 24.3 Å². The van der Waals surface area contributed by atoms with Gasteiger partial charge in [0.05, 0.1) is 25.2 Å². The van der Waals surface area contributed by atoms with Crippen LogP contribution >= 0.6 is 0 Å². The lowest BCUT2D eigenvalue weighted by atomic mass is 10.1. The van der Waals surface area contributed by atoms with E-state index < -0.39 is 4.92 Å². The fourth-order valence-corrected chi connectivity index (χ4v) is 2.61. The van der Waals surface area contributed by atoms with Crippen molar-refractivity contribution in [3.8, 4) is 23.0 Å². The van der Waals surface area contributed by atoms with Crippen LogP contribution in [0.3, 0.4) is 0 Å². The lowest BCUT2D eigenvalue weighted by molar-refractivity contribution is -0.385. The number of nitro groups is 1. The normalized spacial score (nSPS) is 12.1. The van der Waals surface area contributed by atoms with E-state index in [9.17, 15) is 10.1 Å². The fraction of sp³-hybridized carbons (Fsp3) is 0.294. The highest BCUT2D eigenvalue weighted by molar-refractivity contribution is 5.55. The first-order chi connectivity index (χ1) is 12.1. The van der Waals surface area contributed by atoms with Crippen molar-refractivity contribution in [2.45, 2.75) is 13.1 Å². The Morgan fingerprint density at radius 3 is 2.48 bits per heavy atom. The second-order valence-corrected chi connectivity index (χ2v) is 5.37. The molecular weight excluding hydrogens is 328 g/mol. The Kier molecular flexibility index (Phi) is 4.90. The van der Waals surface area contributed by atoms with Crippen LogP contribution in [0, 0.1) is 10.1 Å². The zero-order valence-electron chi connectivity index (χ0n) is 13.9. The van der Waals surface area contributed by atoms with Crippen LogP contribution in [0.25, 0.3) is 0 Å². The van der Waals surface area contributed by atoms with Gasteiger partial charge in [-0.1, -0.05) is 6.07 Å². The van der Waals surface area contributed by atoms with Crippen molar-refractivity contribution in [2.24, 2.45) is 0 Å². The molecule has 0 fully saturated rings. The maximum atomic E-state index is 11.3. The zero-order valence-corrected chi connectivity index (χ0v) is 13.9. The van der Waals surface area contributed by atoms with Crippen LogP contribution in [0.15, 0.2) is 30.3 Å². The zero-order chi connectivity index (χ0) is 17.8. The van der Waals surface area contributed by atoms with E-state index in [1.807, 2.05) is 12.1 Å². The van der Waals surface area contributed by atoms with Gasteiger partial charge in [-0.05, 0) is 12.1 Å². The van der Waals surface area contributed by atoms with Crippen LogP contribution < -0.4 is 24.3 Å². The number of nitro benzene ring substituents is 1. The molecule has 8 heteroatoms. The van der Waals surface area contributed by atoms with Crippen LogP contribution in [0.5, 0.6) is 23.0 Å². The molecule has 0 spiro atoms. The van der Waals surface area contributed by atoms with Crippen molar-refractivity contribution in [2.75, 3.05) is 21.0 Å². The maximum Gasteiger partial charge on any atom is 0.277 e. The molecule has 1 N–H and O–H groups in total. The van der Waals surface area contributed by atoms with E-state index in [4.69, 9.17) is 18.9 Å². The molecular formula is C17H18N2O6. The number of ether oxygens (including phenoxy) is 4. The van der Waals surface area contributed by atoms with E-state index in [-0.39, 0.29) is 12.5 Å². The molecule has 0 atom stereocenters. The molecule has 0 radical (unpaired) electrons. The van der Waals surface area contributed by atoms with Crippen molar-refractivity contribution < 1.29 is 23.9 Å². The highest BCUT2D eigenvalue weighted by Crippen LogP contribution is 2.38. The van der Waals surface area contributed by atoms with Gasteiger partial charge in [0, 0.05) is 30.3 Å². The molecule has 1 aliphatic rings. The first-order valence-electron chi connectivity index (χ1n) is 7.61. The number of benzene rings is 2. The molecule has 0 saturated carbocycles. The second-order valence-electron chi connectivity index (χ2n) is 5.37. The van der Waals surface area contributed by atoms with Crippen LogP contribution in [-0.2, 0) is 13.1 Å². The molecule has 8 nitrogen and oxygen atoms in total. The third-order valence-corrected chi connectivity index (χ3v) is 3.90. The summed E-state index contributed by atoms with van der Waals surface area (Å²) in [4.78, 5) is 10.8. The molecule has 1 heterocycles. The molecule has 0 amide bonds. The molecule has 3 rings (SSSR count). The summed E-state index contributed by atoms with van der Waals surface area (Å²) in [5, 5.41) is 14.5. The minimum absolute atomic E-state index is 0.00144. The van der Waals surface area contributed by atoms with E-state index >= 15 is 0 Å². The molecule has 2 aromatic carbocycles. The largest absolute Gasteiger partial charge is 0.497 e. The summed E-state index contributed by atoms with van der Waals surface area (Å²) in [5.41, 5.74) is 1.45. The van der Waals surface area contributed by atoms with Gasteiger partial charge >= 0.3 is 0 Å². The minimum atomic E-state index is -0.424. The molecule has 0 bridgehead atoms. The summed E-state index contributed by atoms with van der Waals surface area (Å²) in [6, 6.07) is 8.55. The van der Waals surface area contributed by atoms with Crippen LogP contribution in [-0.4, -0.2) is 25.9 Å². The Bertz CT molecular complexity index is 793. The summed E-state index contributed by atoms with van der Waals surface area (Å²) < 4.78 is 21.0. The van der Waals surface area contributed by atoms with E-state index in [0.29, 0.717) is 41.7 Å². The Hall–Kier alpha value is -3.00. The van der Waals surface area contributed by atoms with Gasteiger partial charge in [-0.15, -0.1) is 0 Å². The van der Waals surface area contributed by atoms with Crippen molar-refractivity contribution in [1.82, 2.24) is 5.32 Å². The van der Waals surface area contributed by atoms with E-state index in [0.717, 1.165) is 5.56 Å². The van der Waals surface area contributed by atoms with Gasteiger partial charge in [0.15, 0.2) is 11.5 Å². The number of nitrogens with one attached hydrogen (secondary N) is 1. The van der Waals surface area contributed by atoms with Crippen molar-refractivity contribution >= 4 is 5.69 Å². The highest BCUT2D eigenvalue weighted by atomic mass is 16.7. The van der Waals surface area contributed by atoms with Gasteiger partial charge in [-0.2, -0.15) is 0 Å². The van der Waals surface area contributed by atoms with Crippen molar-refractivity contribution in [3.63, 3.8) is 0 Å². The predicted octanol–water partition coefficient (Wildman–Crippen LogP) is 2.63. The monoisotopic (exact) mass is 346 g/mol. The average Bonchev–Trinajstić information content (AvgIpc) is 3.08. The number of methoxy groups -OCH3 is 2. The first kappa shape index (κ1) is 16.8. The molecule has 25 heavy (non-hydrogen) atoms. The van der Waals surface area contributed by atoms with Gasteiger partial charge in [0.25, 0.3) is 5.69 Å². The van der Waals surface area contributed by atoms with Crippen LogP contribution in [0.1, 0.15) is 11.1 Å². The highest BCUT2D eigenvalue weighted by Gasteiger charge is 2.23. The summed E-state index contributed by atoms with van der Waals surface area (Å²) >= 11 is 0. The summed E-state index contributed by atoms with van der Waals surface area (Å²) in [7, 11) is 3.17. The summed E-state index contributed by atoms with van der Waals surface area (Å²) in [5.74, 6) is 2.30. The average molecular weight is 346 g/mol. The number of rotatable bonds is 7. The summed E-state index contributed by atoms with van der Waals surface area (Å²) in [6.45, 7) is 0.868. The lowest BCUT2D eigenvalue weighted by Crippen LogP contribution is -2.14. The van der Waals surface area contributed by atoms with Gasteiger partial charge in [0.1, 0.15) is 11.5 Å². The molecule has 0 saturated heterocycles.